The van der Waals surface area contributed by atoms with E-state index in [1.165, 1.54) is 7.11 Å². The Morgan fingerprint density at radius 3 is 2.76 bits per heavy atom. The third-order valence-corrected chi connectivity index (χ3v) is 3.38. The van der Waals surface area contributed by atoms with Crippen LogP contribution in [0.2, 0.25) is 0 Å². The summed E-state index contributed by atoms with van der Waals surface area (Å²) in [5, 5.41) is 3.30. The third-order valence-electron chi connectivity index (χ3n) is 3.38. The Morgan fingerprint density at radius 2 is 2.18 bits per heavy atom. The minimum Gasteiger partial charge on any atom is -0.465 e. The van der Waals surface area contributed by atoms with Crippen LogP contribution in [0.4, 0.5) is 5.69 Å². The first-order chi connectivity index (χ1) is 8.21. The van der Waals surface area contributed by atoms with Gasteiger partial charge in [0.05, 0.1) is 12.7 Å². The van der Waals surface area contributed by atoms with Crippen LogP contribution in [0, 0.1) is 5.41 Å². The van der Waals surface area contributed by atoms with Crippen molar-refractivity contribution in [1.82, 2.24) is 0 Å². The molecular weight excluding hydrogens is 216 g/mol. The second-order valence-electron chi connectivity index (χ2n) is 4.59. The van der Waals surface area contributed by atoms with Crippen molar-refractivity contribution in [3.63, 3.8) is 0 Å². The number of esters is 1. The summed E-state index contributed by atoms with van der Waals surface area (Å²) in [5.41, 5.74) is 7.36. The van der Waals surface area contributed by atoms with Crippen molar-refractivity contribution in [3.05, 3.63) is 29.8 Å². The van der Waals surface area contributed by atoms with Crippen LogP contribution in [0.25, 0.3) is 0 Å². The zero-order chi connectivity index (χ0) is 12.3. The largest absolute Gasteiger partial charge is 0.465 e. The normalized spacial score (nSPS) is 16.4. The number of carbonyl (C=O) groups excluding carboxylic acids is 1. The zero-order valence-electron chi connectivity index (χ0n) is 10.0. The van der Waals surface area contributed by atoms with Gasteiger partial charge in [-0.1, -0.05) is 12.1 Å². The number of hydrogen-bond acceptors (Lipinski definition) is 4. The first kappa shape index (κ1) is 11.9. The number of nitrogens with two attached hydrogens (primary N) is 1. The minimum absolute atomic E-state index is 0.239. The number of nitrogens with one attached hydrogen (secondary N) is 1. The van der Waals surface area contributed by atoms with E-state index >= 15 is 0 Å². The van der Waals surface area contributed by atoms with Crippen molar-refractivity contribution in [2.45, 2.75) is 12.8 Å². The highest BCUT2D eigenvalue weighted by atomic mass is 16.5. The van der Waals surface area contributed by atoms with Crippen LogP contribution in [-0.4, -0.2) is 26.2 Å². The molecule has 92 valence electrons. The molecule has 4 nitrogen and oxygen atoms in total. The topological polar surface area (TPSA) is 64.3 Å². The molecule has 1 saturated carbocycles. The Balaban J connectivity index is 2.07. The van der Waals surface area contributed by atoms with Crippen LogP contribution in [0.5, 0.6) is 0 Å². The van der Waals surface area contributed by atoms with Gasteiger partial charge >= 0.3 is 5.97 Å². The van der Waals surface area contributed by atoms with Crippen molar-refractivity contribution in [2.24, 2.45) is 11.1 Å². The first-order valence-electron chi connectivity index (χ1n) is 5.82. The molecule has 2 rings (SSSR count). The first-order valence-corrected chi connectivity index (χ1v) is 5.82. The van der Waals surface area contributed by atoms with Gasteiger partial charge in [0.2, 0.25) is 0 Å². The van der Waals surface area contributed by atoms with Crippen molar-refractivity contribution in [2.75, 3.05) is 25.5 Å². The number of rotatable bonds is 5. The summed E-state index contributed by atoms with van der Waals surface area (Å²) in [5.74, 6) is -0.314. The lowest BCUT2D eigenvalue weighted by molar-refractivity contribution is 0.0602. The van der Waals surface area contributed by atoms with Gasteiger partial charge in [-0.3, -0.25) is 0 Å². The van der Waals surface area contributed by atoms with E-state index in [1.807, 2.05) is 18.2 Å². The quantitative estimate of drug-likeness (QED) is 0.760. The number of para-hydroxylation sites is 1. The predicted molar refractivity (Wildman–Crippen MR) is 67.0 cm³/mol. The molecular formula is C13H18N2O2. The van der Waals surface area contributed by atoms with E-state index in [1.54, 1.807) is 6.07 Å². The van der Waals surface area contributed by atoms with Crippen LogP contribution in [0.15, 0.2) is 24.3 Å². The van der Waals surface area contributed by atoms with Crippen molar-refractivity contribution < 1.29 is 9.53 Å². The van der Waals surface area contributed by atoms with Crippen LogP contribution >= 0.6 is 0 Å². The molecule has 1 aliphatic carbocycles. The van der Waals surface area contributed by atoms with Crippen molar-refractivity contribution >= 4 is 11.7 Å². The van der Waals surface area contributed by atoms with Crippen LogP contribution in [0.1, 0.15) is 23.2 Å². The summed E-state index contributed by atoms with van der Waals surface area (Å²) in [6.45, 7) is 1.51. The van der Waals surface area contributed by atoms with Gasteiger partial charge in [-0.2, -0.15) is 0 Å². The summed E-state index contributed by atoms with van der Waals surface area (Å²) in [6.07, 6.45) is 2.33. The summed E-state index contributed by atoms with van der Waals surface area (Å²) >= 11 is 0. The summed E-state index contributed by atoms with van der Waals surface area (Å²) in [4.78, 5) is 11.6. The highest BCUT2D eigenvalue weighted by Gasteiger charge is 2.40. The monoisotopic (exact) mass is 234 g/mol. The van der Waals surface area contributed by atoms with E-state index in [2.05, 4.69) is 5.32 Å². The Kier molecular flexibility index (Phi) is 3.33. The number of benzene rings is 1. The minimum atomic E-state index is -0.314. The molecule has 1 aromatic carbocycles. The molecule has 0 saturated heterocycles. The lowest BCUT2D eigenvalue weighted by Crippen LogP contribution is -2.24. The smallest absolute Gasteiger partial charge is 0.339 e. The summed E-state index contributed by atoms with van der Waals surface area (Å²) in [6, 6.07) is 7.37. The van der Waals surface area contributed by atoms with Crippen LogP contribution in [0.3, 0.4) is 0 Å². The second-order valence-corrected chi connectivity index (χ2v) is 4.59. The van der Waals surface area contributed by atoms with Crippen molar-refractivity contribution in [3.8, 4) is 0 Å². The average molecular weight is 234 g/mol. The Hall–Kier alpha value is -1.55. The molecule has 0 spiro atoms. The van der Waals surface area contributed by atoms with E-state index in [0.717, 1.165) is 25.1 Å². The van der Waals surface area contributed by atoms with Gasteiger partial charge in [-0.05, 0) is 36.9 Å². The number of hydrogen-bond donors (Lipinski definition) is 2. The van der Waals surface area contributed by atoms with Gasteiger partial charge < -0.3 is 15.8 Å². The van der Waals surface area contributed by atoms with E-state index in [4.69, 9.17) is 10.5 Å². The Bertz CT molecular complexity index is 414. The van der Waals surface area contributed by atoms with E-state index in [9.17, 15) is 4.79 Å². The molecule has 0 bridgehead atoms. The average Bonchev–Trinajstić information content (AvgIpc) is 3.16. The van der Waals surface area contributed by atoms with E-state index in [-0.39, 0.29) is 11.4 Å². The molecule has 4 heteroatoms. The van der Waals surface area contributed by atoms with E-state index < -0.39 is 0 Å². The fourth-order valence-electron chi connectivity index (χ4n) is 1.84. The highest BCUT2D eigenvalue weighted by molar-refractivity contribution is 5.95. The maximum atomic E-state index is 11.6. The Morgan fingerprint density at radius 1 is 1.47 bits per heavy atom. The predicted octanol–water partition coefficient (Wildman–Crippen LogP) is 1.62. The van der Waals surface area contributed by atoms with Crippen LogP contribution in [-0.2, 0) is 4.74 Å². The van der Waals surface area contributed by atoms with Gasteiger partial charge in [0.15, 0.2) is 0 Å². The fourth-order valence-corrected chi connectivity index (χ4v) is 1.84. The van der Waals surface area contributed by atoms with Gasteiger partial charge in [-0.25, -0.2) is 4.79 Å². The molecule has 0 unspecified atom stereocenters. The molecule has 0 aliphatic heterocycles. The lowest BCUT2D eigenvalue weighted by Gasteiger charge is -2.16. The van der Waals surface area contributed by atoms with Crippen LogP contribution < -0.4 is 11.1 Å². The molecule has 3 N–H and O–H groups in total. The number of methoxy groups -OCH3 is 1. The summed E-state index contributed by atoms with van der Waals surface area (Å²) in [7, 11) is 1.39. The maximum absolute atomic E-state index is 11.6. The van der Waals surface area contributed by atoms with Gasteiger partial charge in [0.1, 0.15) is 0 Å². The lowest BCUT2D eigenvalue weighted by atomic mass is 10.1. The molecule has 1 fully saturated rings. The van der Waals surface area contributed by atoms with Gasteiger partial charge in [-0.15, -0.1) is 0 Å². The van der Waals surface area contributed by atoms with Gasteiger partial charge in [0, 0.05) is 12.2 Å². The molecule has 0 atom stereocenters. The molecule has 0 amide bonds. The molecule has 1 aromatic rings. The molecule has 1 aliphatic rings. The molecule has 0 heterocycles. The number of ether oxygens (including phenoxy) is 1. The molecule has 17 heavy (non-hydrogen) atoms. The molecule has 0 radical (unpaired) electrons. The van der Waals surface area contributed by atoms with Gasteiger partial charge in [0.25, 0.3) is 0 Å². The third kappa shape index (κ3) is 2.58. The summed E-state index contributed by atoms with van der Waals surface area (Å²) < 4.78 is 4.75. The maximum Gasteiger partial charge on any atom is 0.339 e. The Labute approximate surface area is 101 Å². The molecule has 0 aromatic heterocycles. The number of carbonyl (C=O) groups is 1. The van der Waals surface area contributed by atoms with Crippen molar-refractivity contribution in [1.29, 1.82) is 0 Å². The second kappa shape index (κ2) is 4.75. The standard InChI is InChI=1S/C13H18N2O2/c1-17-12(16)10-4-2-3-5-11(10)15-9-13(8-14)6-7-13/h2-5,15H,6-9,14H2,1H3. The number of anilines is 1. The highest BCUT2D eigenvalue weighted by Crippen LogP contribution is 2.44. The SMILES string of the molecule is COC(=O)c1ccccc1NCC1(CN)CC1. The van der Waals surface area contributed by atoms with E-state index in [0.29, 0.717) is 12.1 Å². The fraction of sp³-hybridized carbons (Fsp3) is 0.462. The zero-order valence-corrected chi connectivity index (χ0v) is 10.0.